The molecule has 0 aliphatic rings. The highest BCUT2D eigenvalue weighted by Gasteiger charge is 2.29. The Morgan fingerprint density at radius 1 is 1.07 bits per heavy atom. The van der Waals surface area contributed by atoms with E-state index in [1.807, 2.05) is 30.3 Å². The van der Waals surface area contributed by atoms with Gasteiger partial charge < -0.3 is 10.2 Å². The summed E-state index contributed by atoms with van der Waals surface area (Å²) in [4.78, 5) is 26.7. The van der Waals surface area contributed by atoms with Gasteiger partial charge in [0, 0.05) is 17.2 Å². The van der Waals surface area contributed by atoms with E-state index in [0.717, 1.165) is 19.7 Å². The summed E-state index contributed by atoms with van der Waals surface area (Å²) in [5.74, 6) is -0.789. The minimum atomic E-state index is -3.70. The van der Waals surface area contributed by atoms with Gasteiger partial charge in [-0.15, -0.1) is 0 Å². The van der Waals surface area contributed by atoms with E-state index < -0.39 is 28.5 Å². The van der Waals surface area contributed by atoms with Gasteiger partial charge in [0.05, 0.1) is 11.9 Å². The number of nitrogens with zero attached hydrogens (tertiary/aromatic N) is 2. The van der Waals surface area contributed by atoms with Gasteiger partial charge in [0.1, 0.15) is 12.6 Å². The van der Waals surface area contributed by atoms with Crippen LogP contribution >= 0.6 is 22.6 Å². The molecule has 2 amide bonds. The molecule has 1 N–H and O–H groups in total. The number of halogens is 1. The van der Waals surface area contributed by atoms with Crippen LogP contribution in [0.1, 0.15) is 12.5 Å². The summed E-state index contributed by atoms with van der Waals surface area (Å²) >= 11 is 2.12. The zero-order valence-corrected chi connectivity index (χ0v) is 19.5. The summed E-state index contributed by atoms with van der Waals surface area (Å²) < 4.78 is 26.7. The molecule has 0 aromatic heterocycles. The smallest absolute Gasteiger partial charge is 0.244 e. The van der Waals surface area contributed by atoms with Crippen LogP contribution in [0.5, 0.6) is 0 Å². The second-order valence-corrected chi connectivity index (χ2v) is 9.70. The number of rotatable bonds is 8. The van der Waals surface area contributed by atoms with Crippen molar-refractivity contribution in [3.63, 3.8) is 0 Å². The first kappa shape index (κ1) is 23.1. The molecule has 29 heavy (non-hydrogen) atoms. The molecule has 0 radical (unpaired) electrons. The van der Waals surface area contributed by atoms with Crippen LogP contribution in [0, 0.1) is 3.57 Å². The number of carbonyl (C=O) groups excluding carboxylic acids is 2. The maximum atomic E-state index is 13.1. The van der Waals surface area contributed by atoms with E-state index in [1.165, 1.54) is 11.9 Å². The monoisotopic (exact) mass is 529 g/mol. The Kier molecular flexibility index (Phi) is 8.03. The Balaban J connectivity index is 2.34. The van der Waals surface area contributed by atoms with E-state index in [0.29, 0.717) is 5.69 Å². The Hall–Kier alpha value is -2.14. The van der Waals surface area contributed by atoms with Crippen LogP contribution in [-0.2, 0) is 26.2 Å². The zero-order valence-electron chi connectivity index (χ0n) is 16.5. The number of hydrogen-bond acceptors (Lipinski definition) is 4. The fraction of sp³-hybridized carbons (Fsp3) is 0.300. The highest BCUT2D eigenvalue weighted by molar-refractivity contribution is 14.1. The van der Waals surface area contributed by atoms with Crippen molar-refractivity contribution in [2.24, 2.45) is 0 Å². The van der Waals surface area contributed by atoms with Crippen molar-refractivity contribution in [1.82, 2.24) is 10.2 Å². The molecule has 2 aromatic rings. The number of likely N-dealkylation sites (N-methyl/N-ethyl adjacent to an activating group) is 1. The topological polar surface area (TPSA) is 86.8 Å². The Morgan fingerprint density at radius 3 is 2.17 bits per heavy atom. The van der Waals surface area contributed by atoms with Gasteiger partial charge in [-0.05, 0) is 59.3 Å². The molecule has 0 saturated heterocycles. The fourth-order valence-corrected chi connectivity index (χ4v) is 4.00. The normalized spacial score (nSPS) is 12.1. The van der Waals surface area contributed by atoms with Crippen molar-refractivity contribution in [3.8, 4) is 0 Å². The number of sulfonamides is 1. The number of benzene rings is 2. The molecule has 0 saturated carbocycles. The van der Waals surface area contributed by atoms with E-state index in [-0.39, 0.29) is 12.5 Å². The Morgan fingerprint density at radius 2 is 1.66 bits per heavy atom. The lowest BCUT2D eigenvalue weighted by Crippen LogP contribution is -2.50. The molecule has 0 aliphatic carbocycles. The highest BCUT2D eigenvalue weighted by atomic mass is 127. The predicted octanol–water partition coefficient (Wildman–Crippen LogP) is 2.22. The minimum Gasteiger partial charge on any atom is -0.357 e. The molecular weight excluding hydrogens is 505 g/mol. The molecule has 7 nitrogen and oxygen atoms in total. The first-order valence-electron chi connectivity index (χ1n) is 8.91. The molecule has 0 fully saturated rings. The summed E-state index contributed by atoms with van der Waals surface area (Å²) in [5, 5.41) is 2.54. The maximum Gasteiger partial charge on any atom is 0.244 e. The van der Waals surface area contributed by atoms with E-state index >= 15 is 0 Å². The molecule has 0 aliphatic heterocycles. The van der Waals surface area contributed by atoms with Crippen LogP contribution in [0.4, 0.5) is 5.69 Å². The third-order valence-corrected chi connectivity index (χ3v) is 6.26. The third kappa shape index (κ3) is 6.43. The summed E-state index contributed by atoms with van der Waals surface area (Å²) in [6.07, 6.45) is 1.06. The van der Waals surface area contributed by atoms with Gasteiger partial charge in [-0.25, -0.2) is 8.42 Å². The first-order chi connectivity index (χ1) is 13.6. The largest absolute Gasteiger partial charge is 0.357 e. The minimum absolute atomic E-state index is 0.193. The molecule has 1 unspecified atom stereocenters. The maximum absolute atomic E-state index is 13.1. The number of nitrogens with one attached hydrogen (secondary N) is 1. The van der Waals surface area contributed by atoms with Crippen LogP contribution in [-0.4, -0.2) is 51.0 Å². The lowest BCUT2D eigenvalue weighted by Gasteiger charge is -2.31. The van der Waals surface area contributed by atoms with E-state index in [9.17, 15) is 18.0 Å². The van der Waals surface area contributed by atoms with E-state index in [2.05, 4.69) is 27.9 Å². The zero-order chi connectivity index (χ0) is 21.6. The van der Waals surface area contributed by atoms with E-state index in [1.54, 1.807) is 31.2 Å². The predicted molar refractivity (Wildman–Crippen MR) is 122 cm³/mol. The van der Waals surface area contributed by atoms with Crippen molar-refractivity contribution in [2.45, 2.75) is 19.5 Å². The van der Waals surface area contributed by atoms with Gasteiger partial charge in [0.2, 0.25) is 21.8 Å². The summed E-state index contributed by atoms with van der Waals surface area (Å²) in [6, 6.07) is 15.3. The molecule has 2 aromatic carbocycles. The van der Waals surface area contributed by atoms with Crippen molar-refractivity contribution >= 4 is 50.1 Å². The number of hydrogen-bond donors (Lipinski definition) is 1. The van der Waals surface area contributed by atoms with Gasteiger partial charge in [0.25, 0.3) is 0 Å². The van der Waals surface area contributed by atoms with Gasteiger partial charge in [-0.2, -0.15) is 0 Å². The van der Waals surface area contributed by atoms with Gasteiger partial charge in [-0.3, -0.25) is 13.9 Å². The molecule has 0 bridgehead atoms. The number of amides is 2. The van der Waals surface area contributed by atoms with Crippen LogP contribution in [0.2, 0.25) is 0 Å². The number of anilines is 1. The lowest BCUT2D eigenvalue weighted by atomic mass is 10.1. The second-order valence-electron chi connectivity index (χ2n) is 6.54. The third-order valence-electron chi connectivity index (χ3n) is 4.40. The lowest BCUT2D eigenvalue weighted by molar-refractivity contribution is -0.139. The standard InChI is InChI=1S/C20H24IN3O4S/c1-15(20(26)22-2)23(13-16-7-5-4-6-8-16)19(25)14-24(29(3,27)28)18-11-9-17(21)10-12-18/h4-12,15H,13-14H2,1-3H3,(H,22,26). The molecule has 0 heterocycles. The molecule has 1 atom stereocenters. The molecule has 0 spiro atoms. The highest BCUT2D eigenvalue weighted by Crippen LogP contribution is 2.20. The van der Waals surface area contributed by atoms with Crippen molar-refractivity contribution in [1.29, 1.82) is 0 Å². The van der Waals surface area contributed by atoms with Crippen LogP contribution in [0.15, 0.2) is 54.6 Å². The summed E-state index contributed by atoms with van der Waals surface area (Å²) in [6.45, 7) is 1.42. The van der Waals surface area contributed by atoms with Gasteiger partial charge in [-0.1, -0.05) is 30.3 Å². The van der Waals surface area contributed by atoms with Crippen molar-refractivity contribution in [3.05, 3.63) is 63.7 Å². The molecule has 9 heteroatoms. The van der Waals surface area contributed by atoms with Crippen molar-refractivity contribution < 1.29 is 18.0 Å². The first-order valence-corrected chi connectivity index (χ1v) is 11.8. The van der Waals surface area contributed by atoms with Crippen LogP contribution in [0.3, 0.4) is 0 Å². The molecule has 2 rings (SSSR count). The van der Waals surface area contributed by atoms with E-state index in [4.69, 9.17) is 0 Å². The Bertz CT molecular complexity index is 949. The summed E-state index contributed by atoms with van der Waals surface area (Å²) in [7, 11) is -2.20. The summed E-state index contributed by atoms with van der Waals surface area (Å²) in [5.41, 5.74) is 1.24. The SMILES string of the molecule is CNC(=O)C(C)N(Cc1ccccc1)C(=O)CN(c1ccc(I)cc1)S(C)(=O)=O. The van der Waals surface area contributed by atoms with Crippen LogP contribution in [0.25, 0.3) is 0 Å². The van der Waals surface area contributed by atoms with Crippen LogP contribution < -0.4 is 9.62 Å². The number of carbonyl (C=O) groups is 2. The second kappa shape index (κ2) is 10.1. The van der Waals surface area contributed by atoms with Gasteiger partial charge >= 0.3 is 0 Å². The van der Waals surface area contributed by atoms with Gasteiger partial charge in [0.15, 0.2) is 0 Å². The Labute approximate surface area is 185 Å². The molecule has 156 valence electrons. The average molecular weight is 529 g/mol. The average Bonchev–Trinajstić information content (AvgIpc) is 2.69. The fourth-order valence-electron chi connectivity index (χ4n) is 2.79. The quantitative estimate of drug-likeness (QED) is 0.532. The van der Waals surface area contributed by atoms with Crippen molar-refractivity contribution in [2.75, 3.05) is 24.2 Å². The molecular formula is C20H24IN3O4S.